The van der Waals surface area contributed by atoms with Crippen molar-refractivity contribution in [2.75, 3.05) is 6.54 Å². The minimum atomic E-state index is -3.08. The Hall–Kier alpha value is -2.06. The molecule has 0 aromatic carbocycles. The summed E-state index contributed by atoms with van der Waals surface area (Å²) < 4.78 is 26.2. The summed E-state index contributed by atoms with van der Waals surface area (Å²) in [5.74, 6) is -2.15. The van der Waals surface area contributed by atoms with Gasteiger partial charge in [0.1, 0.15) is 11.7 Å². The van der Waals surface area contributed by atoms with Crippen LogP contribution >= 0.6 is 0 Å². The number of alkyl halides is 2. The van der Waals surface area contributed by atoms with E-state index in [0.717, 1.165) is 0 Å². The first-order valence-electron chi connectivity index (χ1n) is 5.14. The third-order valence-electron chi connectivity index (χ3n) is 2.24. The van der Waals surface area contributed by atoms with Gasteiger partial charge in [0.05, 0.1) is 0 Å². The van der Waals surface area contributed by atoms with Crippen molar-refractivity contribution in [1.29, 1.82) is 0 Å². The number of hydrogen-bond acceptors (Lipinski definition) is 4. The van der Waals surface area contributed by atoms with Crippen LogP contribution in [0.25, 0.3) is 0 Å². The largest absolute Gasteiger partial charge is 0.476 e. The SMILES string of the molecule is CCNC(=O)C(C)n1nnc(C(=O)O)c1C(F)F. The van der Waals surface area contributed by atoms with Crippen LogP contribution in [0.1, 0.15) is 42.5 Å². The van der Waals surface area contributed by atoms with Crippen LogP contribution in [0.4, 0.5) is 8.78 Å². The molecule has 0 saturated heterocycles. The zero-order valence-corrected chi connectivity index (χ0v) is 9.72. The maximum atomic E-state index is 12.8. The number of nitrogens with one attached hydrogen (secondary N) is 1. The smallest absolute Gasteiger partial charge is 0.358 e. The lowest BCUT2D eigenvalue weighted by molar-refractivity contribution is -0.124. The van der Waals surface area contributed by atoms with Crippen molar-refractivity contribution in [1.82, 2.24) is 20.3 Å². The third kappa shape index (κ3) is 2.60. The lowest BCUT2D eigenvalue weighted by atomic mass is 10.2. The van der Waals surface area contributed by atoms with Gasteiger partial charge < -0.3 is 10.4 Å². The number of carbonyl (C=O) groups excluding carboxylic acids is 1. The molecule has 1 heterocycles. The second kappa shape index (κ2) is 5.52. The Morgan fingerprint density at radius 1 is 1.50 bits per heavy atom. The normalized spacial score (nSPS) is 12.5. The maximum Gasteiger partial charge on any atom is 0.358 e. The molecule has 1 aromatic rings. The fourth-order valence-corrected chi connectivity index (χ4v) is 1.38. The Balaban J connectivity index is 3.17. The Labute approximate surface area is 101 Å². The number of rotatable bonds is 5. The van der Waals surface area contributed by atoms with E-state index in [1.807, 2.05) is 0 Å². The predicted molar refractivity (Wildman–Crippen MR) is 55.3 cm³/mol. The molecule has 100 valence electrons. The molecule has 1 amide bonds. The van der Waals surface area contributed by atoms with E-state index in [4.69, 9.17) is 5.11 Å². The quantitative estimate of drug-likeness (QED) is 0.810. The van der Waals surface area contributed by atoms with E-state index in [9.17, 15) is 18.4 Å². The topological polar surface area (TPSA) is 97.1 Å². The molecule has 0 spiro atoms. The van der Waals surface area contributed by atoms with Gasteiger partial charge in [-0.25, -0.2) is 18.3 Å². The molecule has 0 saturated carbocycles. The number of aromatic carboxylic acids is 1. The molecule has 0 fully saturated rings. The lowest BCUT2D eigenvalue weighted by Crippen LogP contribution is -2.32. The van der Waals surface area contributed by atoms with E-state index >= 15 is 0 Å². The highest BCUT2D eigenvalue weighted by molar-refractivity contribution is 5.87. The van der Waals surface area contributed by atoms with Crippen LogP contribution in [-0.2, 0) is 4.79 Å². The molecule has 1 unspecified atom stereocenters. The number of hydrogen-bond donors (Lipinski definition) is 2. The Bertz CT molecular complexity index is 461. The Morgan fingerprint density at radius 3 is 2.56 bits per heavy atom. The van der Waals surface area contributed by atoms with Crippen molar-refractivity contribution < 1.29 is 23.5 Å². The van der Waals surface area contributed by atoms with E-state index in [0.29, 0.717) is 11.2 Å². The molecule has 0 aliphatic carbocycles. The summed E-state index contributed by atoms with van der Waals surface area (Å²) in [4.78, 5) is 22.2. The summed E-state index contributed by atoms with van der Waals surface area (Å²) in [5.41, 5.74) is -1.72. The highest BCUT2D eigenvalue weighted by atomic mass is 19.3. The number of carboxylic acids is 1. The first-order valence-corrected chi connectivity index (χ1v) is 5.14. The van der Waals surface area contributed by atoms with E-state index < -0.39 is 35.7 Å². The maximum absolute atomic E-state index is 12.8. The predicted octanol–water partition coefficient (Wildman–Crippen LogP) is 0.611. The average molecular weight is 262 g/mol. The van der Waals surface area contributed by atoms with Crippen LogP contribution in [0.2, 0.25) is 0 Å². The zero-order chi connectivity index (χ0) is 13.9. The minimum absolute atomic E-state index is 0.327. The van der Waals surface area contributed by atoms with Gasteiger partial charge in [0.2, 0.25) is 5.91 Å². The summed E-state index contributed by atoms with van der Waals surface area (Å²) in [6, 6.07) is -1.06. The molecule has 0 aliphatic rings. The number of carboxylic acid groups (broad SMARTS) is 1. The second-order valence-corrected chi connectivity index (χ2v) is 3.44. The first-order chi connectivity index (χ1) is 8.40. The van der Waals surface area contributed by atoms with Crippen molar-refractivity contribution in [2.24, 2.45) is 0 Å². The molecular weight excluding hydrogens is 250 g/mol. The molecule has 1 rings (SSSR count). The van der Waals surface area contributed by atoms with Crippen LogP contribution in [-0.4, -0.2) is 38.5 Å². The van der Waals surface area contributed by atoms with Gasteiger partial charge >= 0.3 is 5.97 Å². The number of nitrogens with zero attached hydrogens (tertiary/aromatic N) is 3. The fourth-order valence-electron chi connectivity index (χ4n) is 1.38. The van der Waals surface area contributed by atoms with E-state index in [-0.39, 0.29) is 0 Å². The lowest BCUT2D eigenvalue weighted by Gasteiger charge is -2.13. The summed E-state index contributed by atoms with van der Waals surface area (Å²) >= 11 is 0. The van der Waals surface area contributed by atoms with Gasteiger partial charge in [-0.05, 0) is 13.8 Å². The molecule has 1 aromatic heterocycles. The van der Waals surface area contributed by atoms with E-state index in [2.05, 4.69) is 15.6 Å². The molecule has 18 heavy (non-hydrogen) atoms. The van der Waals surface area contributed by atoms with Gasteiger partial charge in [0.15, 0.2) is 5.69 Å². The second-order valence-electron chi connectivity index (χ2n) is 3.44. The summed E-state index contributed by atoms with van der Waals surface area (Å²) in [6.07, 6.45) is -3.08. The van der Waals surface area contributed by atoms with Crippen LogP contribution < -0.4 is 5.32 Å². The van der Waals surface area contributed by atoms with Crippen LogP contribution in [0.3, 0.4) is 0 Å². The van der Waals surface area contributed by atoms with Crippen LogP contribution in [0.5, 0.6) is 0 Å². The molecule has 2 N–H and O–H groups in total. The van der Waals surface area contributed by atoms with E-state index in [1.165, 1.54) is 6.92 Å². The highest BCUT2D eigenvalue weighted by Gasteiger charge is 2.30. The number of likely N-dealkylation sites (N-methyl/N-ethyl adjacent to an activating group) is 1. The fraction of sp³-hybridized carbons (Fsp3) is 0.556. The number of halogens is 2. The van der Waals surface area contributed by atoms with Crippen molar-refractivity contribution in [3.8, 4) is 0 Å². The molecular formula is C9H12F2N4O3. The number of aromatic nitrogens is 3. The van der Waals surface area contributed by atoms with Gasteiger partial charge in [0.25, 0.3) is 6.43 Å². The molecule has 7 nitrogen and oxygen atoms in total. The Morgan fingerprint density at radius 2 is 2.11 bits per heavy atom. The third-order valence-corrected chi connectivity index (χ3v) is 2.24. The van der Waals surface area contributed by atoms with Crippen LogP contribution in [0, 0.1) is 0 Å². The minimum Gasteiger partial charge on any atom is -0.476 e. The molecule has 9 heteroatoms. The average Bonchev–Trinajstić information content (AvgIpc) is 2.72. The molecule has 0 radical (unpaired) electrons. The van der Waals surface area contributed by atoms with Crippen LogP contribution in [0.15, 0.2) is 0 Å². The van der Waals surface area contributed by atoms with Crippen molar-refractivity contribution in [2.45, 2.75) is 26.3 Å². The van der Waals surface area contributed by atoms with Gasteiger partial charge in [-0.2, -0.15) is 0 Å². The summed E-state index contributed by atoms with van der Waals surface area (Å²) in [6.45, 7) is 3.33. The standard InChI is InChI=1S/C9H12F2N4O3/c1-3-12-8(16)4(2)15-6(7(10)11)5(9(17)18)13-14-15/h4,7H,3H2,1-2H3,(H,12,16)(H,17,18). The summed E-state index contributed by atoms with van der Waals surface area (Å²) in [5, 5.41) is 17.6. The zero-order valence-electron chi connectivity index (χ0n) is 9.72. The Kier molecular flexibility index (Phi) is 4.29. The highest BCUT2D eigenvalue weighted by Crippen LogP contribution is 2.24. The van der Waals surface area contributed by atoms with E-state index in [1.54, 1.807) is 6.92 Å². The van der Waals surface area contributed by atoms with Gasteiger partial charge in [0, 0.05) is 6.54 Å². The first kappa shape index (κ1) is 14.0. The number of carbonyl (C=O) groups is 2. The van der Waals surface area contributed by atoms with Gasteiger partial charge in [-0.1, -0.05) is 5.21 Å². The van der Waals surface area contributed by atoms with Gasteiger partial charge in [-0.3, -0.25) is 4.79 Å². The van der Waals surface area contributed by atoms with Crippen molar-refractivity contribution in [3.05, 3.63) is 11.4 Å². The number of amides is 1. The van der Waals surface area contributed by atoms with Crippen molar-refractivity contribution in [3.63, 3.8) is 0 Å². The monoisotopic (exact) mass is 262 g/mol. The van der Waals surface area contributed by atoms with Gasteiger partial charge in [-0.15, -0.1) is 5.10 Å². The molecule has 0 bridgehead atoms. The molecule has 1 atom stereocenters. The summed E-state index contributed by atoms with van der Waals surface area (Å²) in [7, 11) is 0. The molecule has 0 aliphatic heterocycles. The van der Waals surface area contributed by atoms with Crippen molar-refractivity contribution >= 4 is 11.9 Å².